The summed E-state index contributed by atoms with van der Waals surface area (Å²) in [6.45, 7) is -0.332. The van der Waals surface area contributed by atoms with E-state index in [4.69, 9.17) is 4.74 Å². The van der Waals surface area contributed by atoms with Crippen molar-refractivity contribution in [2.24, 2.45) is 0 Å². The molecule has 2 N–H and O–H groups in total. The Balaban J connectivity index is 1.56. The van der Waals surface area contributed by atoms with Crippen LogP contribution >= 0.6 is 0 Å². The molecule has 1 fully saturated rings. The third-order valence-electron chi connectivity index (χ3n) is 4.89. The molecule has 1 amide bonds. The summed E-state index contributed by atoms with van der Waals surface area (Å²) in [5, 5.41) is 14.7. The predicted molar refractivity (Wildman–Crippen MR) is 100 cm³/mol. The van der Waals surface area contributed by atoms with Crippen LogP contribution in [0.1, 0.15) is 55.3 Å². The number of amides is 1. The summed E-state index contributed by atoms with van der Waals surface area (Å²) in [5.41, 5.74) is 0.0717. The highest BCUT2D eigenvalue weighted by Gasteiger charge is 2.18. The molecule has 1 aliphatic rings. The normalized spacial score (nSPS) is 15.8. The van der Waals surface area contributed by atoms with Gasteiger partial charge in [0.15, 0.2) is 6.61 Å². The number of benzene rings is 2. The Morgan fingerprint density at radius 2 is 1.62 bits per heavy atom. The summed E-state index contributed by atoms with van der Waals surface area (Å²) < 4.78 is 5.11. The Labute approximate surface area is 153 Å². The fourth-order valence-electron chi connectivity index (χ4n) is 3.47. The molecule has 2 aromatic carbocycles. The molecule has 138 valence electrons. The van der Waals surface area contributed by atoms with Crippen LogP contribution in [0.15, 0.2) is 36.4 Å². The molecule has 1 saturated carbocycles. The first kappa shape index (κ1) is 18.2. The number of esters is 1. The minimum Gasteiger partial charge on any atom is -0.507 e. The highest BCUT2D eigenvalue weighted by molar-refractivity contribution is 5.99. The van der Waals surface area contributed by atoms with Crippen molar-refractivity contribution in [3.8, 4) is 5.75 Å². The van der Waals surface area contributed by atoms with Crippen LogP contribution in [0.25, 0.3) is 10.8 Å². The lowest BCUT2D eigenvalue weighted by Crippen LogP contribution is -2.38. The Bertz CT molecular complexity index is 779. The zero-order chi connectivity index (χ0) is 18.4. The van der Waals surface area contributed by atoms with E-state index in [9.17, 15) is 14.7 Å². The largest absolute Gasteiger partial charge is 0.507 e. The molecule has 0 saturated heterocycles. The first-order valence-corrected chi connectivity index (χ1v) is 9.32. The number of phenols is 1. The molecule has 26 heavy (non-hydrogen) atoms. The second-order valence-electron chi connectivity index (χ2n) is 6.90. The molecule has 0 aromatic heterocycles. The molecular formula is C21H25NO4. The number of ether oxygens (including phenoxy) is 1. The molecule has 1 aliphatic carbocycles. The monoisotopic (exact) mass is 355 g/mol. The van der Waals surface area contributed by atoms with E-state index in [1.807, 2.05) is 24.3 Å². The smallest absolute Gasteiger partial charge is 0.342 e. The van der Waals surface area contributed by atoms with Crippen LogP contribution in [0, 0.1) is 0 Å². The highest BCUT2D eigenvalue weighted by atomic mass is 16.5. The van der Waals surface area contributed by atoms with Crippen molar-refractivity contribution in [2.75, 3.05) is 6.61 Å². The molecule has 0 aliphatic heterocycles. The van der Waals surface area contributed by atoms with E-state index >= 15 is 0 Å². The first-order chi connectivity index (χ1) is 12.6. The minimum absolute atomic E-state index is 0.0717. The minimum atomic E-state index is -0.693. The van der Waals surface area contributed by atoms with Gasteiger partial charge in [-0.2, -0.15) is 0 Å². The van der Waals surface area contributed by atoms with Crippen molar-refractivity contribution in [3.63, 3.8) is 0 Å². The van der Waals surface area contributed by atoms with Crippen molar-refractivity contribution in [3.05, 3.63) is 42.0 Å². The van der Waals surface area contributed by atoms with Crippen LogP contribution in [0.5, 0.6) is 5.75 Å². The van der Waals surface area contributed by atoms with Gasteiger partial charge >= 0.3 is 5.97 Å². The number of carbonyl (C=O) groups excluding carboxylic acids is 2. The second-order valence-corrected chi connectivity index (χ2v) is 6.90. The third kappa shape index (κ3) is 4.75. The fourth-order valence-corrected chi connectivity index (χ4v) is 3.47. The van der Waals surface area contributed by atoms with Crippen molar-refractivity contribution in [2.45, 2.75) is 51.0 Å². The third-order valence-corrected chi connectivity index (χ3v) is 4.89. The Hall–Kier alpha value is -2.56. The maximum Gasteiger partial charge on any atom is 0.342 e. The fraction of sp³-hybridized carbons (Fsp3) is 0.429. The van der Waals surface area contributed by atoms with Crippen LogP contribution in [-0.2, 0) is 9.53 Å². The lowest BCUT2D eigenvalue weighted by Gasteiger charge is -2.20. The molecule has 2 aromatic rings. The number of hydrogen-bond acceptors (Lipinski definition) is 4. The predicted octanol–water partition coefficient (Wildman–Crippen LogP) is 3.93. The number of carbonyl (C=O) groups is 2. The van der Waals surface area contributed by atoms with E-state index in [1.54, 1.807) is 6.07 Å². The number of nitrogens with one attached hydrogen (secondary N) is 1. The van der Waals surface area contributed by atoms with Crippen LogP contribution in [-0.4, -0.2) is 29.6 Å². The SMILES string of the molecule is O=C(COC(=O)c1cc2ccccc2cc1O)NC1CCCCCCC1. The molecule has 0 heterocycles. The summed E-state index contributed by atoms with van der Waals surface area (Å²) in [6.07, 6.45) is 7.89. The van der Waals surface area contributed by atoms with Gasteiger partial charge in [-0.1, -0.05) is 56.4 Å². The number of fused-ring (bicyclic) bond motifs is 1. The van der Waals surface area contributed by atoms with Gasteiger partial charge in [-0.25, -0.2) is 4.79 Å². The number of rotatable bonds is 4. The molecule has 3 rings (SSSR count). The molecule has 0 unspecified atom stereocenters. The van der Waals surface area contributed by atoms with Gasteiger partial charge in [-0.3, -0.25) is 4.79 Å². The quantitative estimate of drug-likeness (QED) is 0.815. The van der Waals surface area contributed by atoms with E-state index in [1.165, 1.54) is 25.3 Å². The summed E-state index contributed by atoms with van der Waals surface area (Å²) in [7, 11) is 0. The van der Waals surface area contributed by atoms with Crippen LogP contribution < -0.4 is 5.32 Å². The second kappa shape index (κ2) is 8.70. The maximum atomic E-state index is 12.2. The van der Waals surface area contributed by atoms with Crippen LogP contribution in [0.2, 0.25) is 0 Å². The van der Waals surface area contributed by atoms with Gasteiger partial charge in [-0.15, -0.1) is 0 Å². The zero-order valence-corrected chi connectivity index (χ0v) is 14.9. The van der Waals surface area contributed by atoms with Crippen molar-refractivity contribution in [1.29, 1.82) is 0 Å². The Morgan fingerprint density at radius 3 is 2.31 bits per heavy atom. The van der Waals surface area contributed by atoms with Crippen molar-refractivity contribution >= 4 is 22.6 Å². The van der Waals surface area contributed by atoms with Gasteiger partial charge in [0.1, 0.15) is 11.3 Å². The summed E-state index contributed by atoms with van der Waals surface area (Å²) in [5.74, 6) is -1.13. The lowest BCUT2D eigenvalue weighted by atomic mass is 9.97. The van der Waals surface area contributed by atoms with E-state index in [0.717, 1.165) is 36.5 Å². The van der Waals surface area contributed by atoms with Crippen molar-refractivity contribution in [1.82, 2.24) is 5.32 Å². The van der Waals surface area contributed by atoms with E-state index in [2.05, 4.69) is 5.32 Å². The van der Waals surface area contributed by atoms with Gasteiger partial charge in [0.25, 0.3) is 5.91 Å². The molecule has 0 spiro atoms. The van der Waals surface area contributed by atoms with Gasteiger partial charge < -0.3 is 15.2 Å². The first-order valence-electron chi connectivity index (χ1n) is 9.32. The average Bonchev–Trinajstić information content (AvgIpc) is 2.61. The van der Waals surface area contributed by atoms with E-state index in [0.29, 0.717) is 0 Å². The lowest BCUT2D eigenvalue weighted by molar-refractivity contribution is -0.125. The zero-order valence-electron chi connectivity index (χ0n) is 14.9. The molecule has 0 atom stereocenters. The standard InChI is InChI=1S/C21H25NO4/c23-19-13-16-9-7-6-8-15(16)12-18(19)21(25)26-14-20(24)22-17-10-4-2-1-3-5-11-17/h6-9,12-13,17,23H,1-5,10-11,14H2,(H,22,24). The summed E-state index contributed by atoms with van der Waals surface area (Å²) >= 11 is 0. The van der Waals surface area contributed by atoms with Gasteiger partial charge in [0.05, 0.1) is 0 Å². The van der Waals surface area contributed by atoms with Crippen LogP contribution in [0.3, 0.4) is 0 Å². The van der Waals surface area contributed by atoms with Gasteiger partial charge in [0, 0.05) is 6.04 Å². The maximum absolute atomic E-state index is 12.2. The Kier molecular flexibility index (Phi) is 6.10. The number of aromatic hydroxyl groups is 1. The molecular weight excluding hydrogens is 330 g/mol. The van der Waals surface area contributed by atoms with Gasteiger partial charge in [0.2, 0.25) is 0 Å². The van der Waals surface area contributed by atoms with Crippen LogP contribution in [0.4, 0.5) is 0 Å². The van der Waals surface area contributed by atoms with Gasteiger partial charge in [-0.05, 0) is 35.7 Å². The topological polar surface area (TPSA) is 75.6 Å². The summed E-state index contributed by atoms with van der Waals surface area (Å²) in [4.78, 5) is 24.3. The Morgan fingerprint density at radius 1 is 1.00 bits per heavy atom. The molecule has 0 bridgehead atoms. The average molecular weight is 355 g/mol. The molecule has 0 radical (unpaired) electrons. The molecule has 5 heteroatoms. The summed E-state index contributed by atoms with van der Waals surface area (Å²) in [6, 6.07) is 10.7. The number of phenolic OH excluding ortho intramolecular Hbond substituents is 1. The van der Waals surface area contributed by atoms with E-state index < -0.39 is 5.97 Å². The van der Waals surface area contributed by atoms with Crippen molar-refractivity contribution < 1.29 is 19.4 Å². The highest BCUT2D eigenvalue weighted by Crippen LogP contribution is 2.25. The van der Waals surface area contributed by atoms with E-state index in [-0.39, 0.29) is 29.9 Å². The molecule has 5 nitrogen and oxygen atoms in total. The number of hydrogen-bond donors (Lipinski definition) is 2.